The third-order valence-electron chi connectivity index (χ3n) is 9.46. The largest absolute Gasteiger partial charge is 0.493 e. The van der Waals surface area contributed by atoms with Gasteiger partial charge in [-0.05, 0) is 61.1 Å². The second kappa shape index (κ2) is 15.3. The summed E-state index contributed by atoms with van der Waals surface area (Å²) in [6, 6.07) is 6.87. The van der Waals surface area contributed by atoms with Crippen LogP contribution in [0.15, 0.2) is 51.6 Å². The highest BCUT2D eigenvalue weighted by atomic mass is 19.1. The zero-order chi connectivity index (χ0) is 35.4. The number of piperazine rings is 1. The number of carboxylic acid groups (broad SMARTS) is 1. The van der Waals surface area contributed by atoms with E-state index < -0.39 is 17.2 Å². The SMILES string of the molecule is CCCCNC1=NCC(Cc2cc(OC)c(OCCN3CCN(c4cc5c(cc4F)c(=O)c(C(=O)O)cn5C4CC4)CC3)c(OC)c2)=C(N)N1. The number of fused-ring (bicyclic) bond motifs is 1. The van der Waals surface area contributed by atoms with Gasteiger partial charge in [-0.3, -0.25) is 9.69 Å². The van der Waals surface area contributed by atoms with Gasteiger partial charge >= 0.3 is 5.97 Å². The van der Waals surface area contributed by atoms with Crippen molar-refractivity contribution >= 4 is 28.5 Å². The fraction of sp³-hybridized carbons (Fsp3) is 0.472. The number of nitrogens with two attached hydrogens (primary N) is 1. The highest BCUT2D eigenvalue weighted by Gasteiger charge is 2.29. The number of benzene rings is 2. The molecule has 1 saturated carbocycles. The molecule has 0 bridgehead atoms. The highest BCUT2D eigenvalue weighted by molar-refractivity contribution is 5.93. The Morgan fingerprint density at radius 3 is 2.46 bits per heavy atom. The fourth-order valence-electron chi connectivity index (χ4n) is 6.47. The van der Waals surface area contributed by atoms with Gasteiger partial charge in [-0.25, -0.2) is 14.2 Å². The number of aromatic nitrogens is 1. The van der Waals surface area contributed by atoms with Crippen molar-refractivity contribution in [2.75, 3.05) is 71.5 Å². The Bertz CT molecular complexity index is 1840. The molecule has 0 spiro atoms. The first-order valence-electron chi connectivity index (χ1n) is 17.2. The Labute approximate surface area is 290 Å². The maximum Gasteiger partial charge on any atom is 0.341 e. The number of methoxy groups -OCH3 is 2. The summed E-state index contributed by atoms with van der Waals surface area (Å²) in [5.41, 5.74) is 8.25. The fourth-order valence-corrected chi connectivity index (χ4v) is 6.47. The first kappa shape index (κ1) is 34.9. The van der Waals surface area contributed by atoms with Gasteiger partial charge in [0.2, 0.25) is 11.2 Å². The number of guanidine groups is 1. The average Bonchev–Trinajstić information content (AvgIpc) is 3.96. The Morgan fingerprint density at radius 1 is 1.12 bits per heavy atom. The molecule has 268 valence electrons. The minimum absolute atomic E-state index is 0.0957. The summed E-state index contributed by atoms with van der Waals surface area (Å²) in [5, 5.41) is 16.1. The maximum absolute atomic E-state index is 15.4. The van der Waals surface area contributed by atoms with Crippen LogP contribution in [0.3, 0.4) is 0 Å². The number of carbonyl (C=O) groups is 1. The number of unbranched alkanes of at least 4 members (excludes halogenated alkanes) is 1. The van der Waals surface area contributed by atoms with Crippen molar-refractivity contribution in [2.24, 2.45) is 10.7 Å². The molecule has 2 fully saturated rings. The molecule has 0 radical (unpaired) electrons. The topological polar surface area (TPSA) is 156 Å². The maximum atomic E-state index is 15.4. The van der Waals surface area contributed by atoms with Gasteiger partial charge in [-0.1, -0.05) is 13.3 Å². The number of rotatable bonds is 14. The van der Waals surface area contributed by atoms with Crippen LogP contribution in [0.2, 0.25) is 0 Å². The van der Waals surface area contributed by atoms with Crippen LogP contribution in [-0.2, 0) is 6.42 Å². The van der Waals surface area contributed by atoms with E-state index in [0.29, 0.717) is 92.5 Å². The summed E-state index contributed by atoms with van der Waals surface area (Å²) in [5.74, 6) is 1.09. The summed E-state index contributed by atoms with van der Waals surface area (Å²) in [4.78, 5) is 33.4. The second-order valence-electron chi connectivity index (χ2n) is 12.9. The Balaban J connectivity index is 1.06. The summed E-state index contributed by atoms with van der Waals surface area (Å²) in [6.45, 7) is 7.04. The third-order valence-corrected chi connectivity index (χ3v) is 9.46. The number of halogens is 1. The van der Waals surface area contributed by atoms with Crippen molar-refractivity contribution in [2.45, 2.75) is 45.1 Å². The van der Waals surface area contributed by atoms with E-state index in [2.05, 4.69) is 27.4 Å². The normalized spacial score (nSPS) is 16.6. The summed E-state index contributed by atoms with van der Waals surface area (Å²) in [7, 11) is 3.19. The Kier molecular flexibility index (Phi) is 10.7. The van der Waals surface area contributed by atoms with E-state index in [0.717, 1.165) is 43.4 Å². The van der Waals surface area contributed by atoms with Crippen LogP contribution >= 0.6 is 0 Å². The molecule has 13 nitrogen and oxygen atoms in total. The molecule has 50 heavy (non-hydrogen) atoms. The Morgan fingerprint density at radius 2 is 1.84 bits per heavy atom. The van der Waals surface area contributed by atoms with Crippen LogP contribution < -0.4 is 40.9 Å². The van der Waals surface area contributed by atoms with Crippen LogP contribution in [0.25, 0.3) is 10.9 Å². The second-order valence-corrected chi connectivity index (χ2v) is 12.9. The molecule has 3 aliphatic rings. The number of pyridine rings is 1. The summed E-state index contributed by atoms with van der Waals surface area (Å²) in [6.07, 6.45) is 5.92. The van der Waals surface area contributed by atoms with E-state index in [9.17, 15) is 14.7 Å². The molecule has 1 aliphatic carbocycles. The predicted molar refractivity (Wildman–Crippen MR) is 190 cm³/mol. The molecule has 3 heterocycles. The molecule has 0 atom stereocenters. The summed E-state index contributed by atoms with van der Waals surface area (Å²) >= 11 is 0. The highest BCUT2D eigenvalue weighted by Crippen LogP contribution is 2.40. The molecule has 2 aromatic carbocycles. The van der Waals surface area contributed by atoms with Gasteiger partial charge in [0.15, 0.2) is 17.5 Å². The number of carboxylic acids is 1. The molecule has 1 aromatic heterocycles. The molecule has 6 rings (SSSR count). The van der Waals surface area contributed by atoms with E-state index in [-0.39, 0.29) is 17.0 Å². The summed E-state index contributed by atoms with van der Waals surface area (Å²) < 4.78 is 34.9. The lowest BCUT2D eigenvalue weighted by Gasteiger charge is -2.36. The molecule has 0 unspecified atom stereocenters. The predicted octanol–water partition coefficient (Wildman–Crippen LogP) is 3.45. The monoisotopic (exact) mass is 691 g/mol. The number of nitrogens with zero attached hydrogens (tertiary/aromatic N) is 4. The molecule has 2 aliphatic heterocycles. The lowest BCUT2D eigenvalue weighted by molar-refractivity contribution is 0.0694. The van der Waals surface area contributed by atoms with E-state index in [1.165, 1.54) is 12.3 Å². The van der Waals surface area contributed by atoms with Gasteiger partial charge in [-0.15, -0.1) is 0 Å². The number of nitrogens with one attached hydrogen (secondary N) is 2. The van der Waals surface area contributed by atoms with Gasteiger partial charge in [0.05, 0.1) is 32.0 Å². The van der Waals surface area contributed by atoms with Crippen LogP contribution in [0.4, 0.5) is 10.1 Å². The lowest BCUT2D eigenvalue weighted by atomic mass is 10.0. The zero-order valence-corrected chi connectivity index (χ0v) is 28.9. The minimum atomic E-state index is -1.30. The van der Waals surface area contributed by atoms with Crippen LogP contribution in [0.1, 0.15) is 54.6 Å². The molecule has 5 N–H and O–H groups in total. The van der Waals surface area contributed by atoms with Gasteiger partial charge in [0, 0.05) is 56.9 Å². The number of ether oxygens (including phenoxy) is 3. The molecular weight excluding hydrogens is 645 g/mol. The van der Waals surface area contributed by atoms with E-state index in [1.807, 2.05) is 21.6 Å². The van der Waals surface area contributed by atoms with Crippen LogP contribution in [-0.4, -0.2) is 93.1 Å². The number of hydrogen-bond acceptors (Lipinski definition) is 11. The van der Waals surface area contributed by atoms with Gasteiger partial charge in [-0.2, -0.15) is 0 Å². The van der Waals surface area contributed by atoms with Crippen molar-refractivity contribution in [1.29, 1.82) is 0 Å². The van der Waals surface area contributed by atoms with E-state index >= 15 is 4.39 Å². The van der Waals surface area contributed by atoms with Crippen molar-refractivity contribution in [3.63, 3.8) is 0 Å². The smallest absolute Gasteiger partial charge is 0.341 e. The van der Waals surface area contributed by atoms with Crippen molar-refractivity contribution in [3.05, 3.63) is 69.0 Å². The first-order chi connectivity index (χ1) is 24.2. The van der Waals surface area contributed by atoms with Gasteiger partial charge < -0.3 is 45.2 Å². The molecule has 3 aromatic rings. The number of aromatic carboxylic acids is 1. The minimum Gasteiger partial charge on any atom is -0.493 e. The van der Waals surface area contributed by atoms with Crippen molar-refractivity contribution in [1.82, 2.24) is 20.1 Å². The van der Waals surface area contributed by atoms with E-state index in [4.69, 9.17) is 19.9 Å². The third kappa shape index (κ3) is 7.59. The zero-order valence-electron chi connectivity index (χ0n) is 28.9. The number of aliphatic imine (C=N–C) groups is 1. The number of hydrogen-bond donors (Lipinski definition) is 4. The quantitative estimate of drug-likeness (QED) is 0.184. The van der Waals surface area contributed by atoms with Crippen LogP contribution in [0.5, 0.6) is 17.2 Å². The van der Waals surface area contributed by atoms with Crippen molar-refractivity contribution < 1.29 is 28.5 Å². The lowest BCUT2D eigenvalue weighted by Crippen LogP contribution is -2.47. The van der Waals surface area contributed by atoms with Gasteiger partial charge in [0.25, 0.3) is 0 Å². The van der Waals surface area contributed by atoms with Crippen molar-refractivity contribution in [3.8, 4) is 17.2 Å². The van der Waals surface area contributed by atoms with E-state index in [1.54, 1.807) is 20.3 Å². The van der Waals surface area contributed by atoms with Gasteiger partial charge in [0.1, 0.15) is 23.8 Å². The Hall–Kier alpha value is -4.98. The molecule has 0 amide bonds. The average molecular weight is 692 g/mol. The first-order valence-corrected chi connectivity index (χ1v) is 17.2. The molecular formula is C36H46FN7O6. The standard InChI is InChI=1S/C36H46FN7O6/c1-4-5-8-39-36-40-20-23(34(38)41-36)15-22-16-30(48-2)33(31(17-22)49-3)50-14-13-42-9-11-43(12-10-42)29-19-28-25(18-27(29)37)32(45)26(35(46)47)21-44(28)24-6-7-24/h16-19,21,24H,4-15,20,38H2,1-3H3,(H,46,47)(H2,39,40,41). The number of anilines is 1. The molecule has 1 saturated heterocycles. The molecule has 14 heteroatoms. The van der Waals surface area contributed by atoms with Crippen LogP contribution in [0, 0.1) is 5.82 Å².